The van der Waals surface area contributed by atoms with Crippen LogP contribution in [0, 0.1) is 0 Å². The van der Waals surface area contributed by atoms with Gasteiger partial charge in [0, 0.05) is 6.54 Å². The van der Waals surface area contributed by atoms with E-state index in [2.05, 4.69) is 29.6 Å². The first-order valence-electron chi connectivity index (χ1n) is 9.53. The van der Waals surface area contributed by atoms with E-state index in [4.69, 9.17) is 0 Å². The molecular formula is C22H26N2O2. The molecule has 0 bridgehead atoms. The first-order chi connectivity index (χ1) is 12.7. The number of hydrogen-bond donors (Lipinski definition) is 2. The van der Waals surface area contributed by atoms with Crippen molar-refractivity contribution in [3.05, 3.63) is 71.8 Å². The number of hydrogen-bond acceptors (Lipinski definition) is 3. The predicted octanol–water partition coefficient (Wildman–Crippen LogP) is 2.86. The van der Waals surface area contributed by atoms with E-state index in [0.717, 1.165) is 31.2 Å². The van der Waals surface area contributed by atoms with E-state index in [1.165, 1.54) is 5.56 Å². The number of amides is 1. The van der Waals surface area contributed by atoms with Crippen molar-refractivity contribution in [2.75, 3.05) is 0 Å². The second-order valence-corrected chi connectivity index (χ2v) is 7.51. The zero-order valence-electron chi connectivity index (χ0n) is 15.0. The van der Waals surface area contributed by atoms with Gasteiger partial charge in [-0.25, -0.2) is 0 Å². The van der Waals surface area contributed by atoms with Gasteiger partial charge in [0.25, 0.3) is 0 Å². The lowest BCUT2D eigenvalue weighted by molar-refractivity contribution is -0.136. The molecule has 4 nitrogen and oxygen atoms in total. The van der Waals surface area contributed by atoms with Crippen molar-refractivity contribution in [3.63, 3.8) is 0 Å². The molecule has 1 amide bonds. The molecule has 0 unspecified atom stereocenters. The van der Waals surface area contributed by atoms with Gasteiger partial charge in [-0.05, 0) is 43.2 Å². The van der Waals surface area contributed by atoms with E-state index in [9.17, 15) is 9.90 Å². The quantitative estimate of drug-likeness (QED) is 0.842. The van der Waals surface area contributed by atoms with Crippen molar-refractivity contribution >= 4 is 5.91 Å². The number of aryl methyl sites for hydroxylation is 1. The lowest BCUT2D eigenvalue weighted by Crippen LogP contribution is -2.57. The fourth-order valence-electron chi connectivity index (χ4n) is 4.12. The number of carbonyl (C=O) groups is 1. The summed E-state index contributed by atoms with van der Waals surface area (Å²) in [6, 6.07) is 19.7. The lowest BCUT2D eigenvalue weighted by Gasteiger charge is -2.45. The molecule has 1 heterocycles. The van der Waals surface area contributed by atoms with Crippen LogP contribution in [0.3, 0.4) is 0 Å². The summed E-state index contributed by atoms with van der Waals surface area (Å²) in [5, 5.41) is 14.2. The van der Waals surface area contributed by atoms with Gasteiger partial charge in [-0.1, -0.05) is 60.7 Å². The Bertz CT molecular complexity index is 743. The maximum Gasteiger partial charge on any atom is 0.244 e. The highest BCUT2D eigenvalue weighted by molar-refractivity contribution is 5.86. The summed E-state index contributed by atoms with van der Waals surface area (Å²) in [6.45, 7) is 0.606. The summed E-state index contributed by atoms with van der Waals surface area (Å²) in [4.78, 5) is 15.0. The van der Waals surface area contributed by atoms with Crippen molar-refractivity contribution < 1.29 is 9.90 Å². The standard InChI is InChI=1S/C22H26N2O2/c25-19(13-12-17-8-3-1-4-9-17)20-21(26)24(22(23-20)14-7-15-22)16-18-10-5-2-6-11-18/h1-6,8-11,19-20,23,25H,7,12-16H2/t19-,20+/m1/s1. The summed E-state index contributed by atoms with van der Waals surface area (Å²) < 4.78 is 0. The van der Waals surface area contributed by atoms with Crippen molar-refractivity contribution in [3.8, 4) is 0 Å². The molecule has 4 rings (SSSR count). The van der Waals surface area contributed by atoms with Crippen LogP contribution >= 0.6 is 0 Å². The predicted molar refractivity (Wildman–Crippen MR) is 101 cm³/mol. The number of nitrogens with zero attached hydrogens (tertiary/aromatic N) is 1. The van der Waals surface area contributed by atoms with Crippen LogP contribution in [0.2, 0.25) is 0 Å². The molecule has 1 aliphatic carbocycles. The third-order valence-corrected chi connectivity index (χ3v) is 5.79. The zero-order valence-corrected chi connectivity index (χ0v) is 15.0. The van der Waals surface area contributed by atoms with Gasteiger partial charge >= 0.3 is 0 Å². The second kappa shape index (κ2) is 7.22. The second-order valence-electron chi connectivity index (χ2n) is 7.51. The maximum absolute atomic E-state index is 13.1. The Labute approximate surface area is 154 Å². The lowest BCUT2D eigenvalue weighted by atomic mass is 9.84. The fourth-order valence-corrected chi connectivity index (χ4v) is 4.12. The number of benzene rings is 2. The van der Waals surface area contributed by atoms with Gasteiger partial charge < -0.3 is 10.0 Å². The van der Waals surface area contributed by atoms with Gasteiger partial charge in [-0.2, -0.15) is 0 Å². The van der Waals surface area contributed by atoms with Crippen LogP contribution < -0.4 is 5.32 Å². The van der Waals surface area contributed by atoms with E-state index in [1.807, 2.05) is 41.3 Å². The Morgan fingerprint density at radius 2 is 1.65 bits per heavy atom. The van der Waals surface area contributed by atoms with Gasteiger partial charge in [0.05, 0.1) is 11.8 Å². The normalized spacial score (nSPS) is 22.4. The smallest absolute Gasteiger partial charge is 0.244 e. The molecule has 2 aliphatic rings. The highest BCUT2D eigenvalue weighted by atomic mass is 16.3. The zero-order chi connectivity index (χ0) is 18.0. The molecule has 0 radical (unpaired) electrons. The Morgan fingerprint density at radius 1 is 1.04 bits per heavy atom. The van der Waals surface area contributed by atoms with E-state index in [-0.39, 0.29) is 11.6 Å². The van der Waals surface area contributed by atoms with Gasteiger partial charge in [-0.3, -0.25) is 10.1 Å². The summed E-state index contributed by atoms with van der Waals surface area (Å²) in [6.07, 6.45) is 3.75. The van der Waals surface area contributed by atoms with Crippen molar-refractivity contribution in [2.45, 2.75) is 56.5 Å². The summed E-state index contributed by atoms with van der Waals surface area (Å²) in [7, 11) is 0. The van der Waals surface area contributed by atoms with E-state index in [0.29, 0.717) is 13.0 Å². The third kappa shape index (κ3) is 3.27. The number of aliphatic hydroxyl groups is 1. The topological polar surface area (TPSA) is 52.6 Å². The minimum atomic E-state index is -0.666. The molecule has 4 heteroatoms. The van der Waals surface area contributed by atoms with Crippen LogP contribution in [0.1, 0.15) is 36.8 Å². The van der Waals surface area contributed by atoms with Crippen molar-refractivity contribution in [2.24, 2.45) is 0 Å². The molecule has 2 aromatic rings. The van der Waals surface area contributed by atoms with Crippen LogP contribution in [-0.2, 0) is 17.8 Å². The van der Waals surface area contributed by atoms with Crippen LogP contribution in [0.5, 0.6) is 0 Å². The average Bonchev–Trinajstić information content (AvgIpc) is 2.95. The van der Waals surface area contributed by atoms with E-state index in [1.54, 1.807) is 0 Å². The third-order valence-electron chi connectivity index (χ3n) is 5.79. The molecule has 1 saturated heterocycles. The van der Waals surface area contributed by atoms with Crippen LogP contribution in [0.4, 0.5) is 0 Å². The van der Waals surface area contributed by atoms with Gasteiger partial charge in [-0.15, -0.1) is 0 Å². The molecule has 2 atom stereocenters. The van der Waals surface area contributed by atoms with Crippen LogP contribution in [0.15, 0.2) is 60.7 Å². The molecule has 26 heavy (non-hydrogen) atoms. The first kappa shape index (κ1) is 17.3. The average molecular weight is 350 g/mol. The van der Waals surface area contributed by atoms with Crippen molar-refractivity contribution in [1.29, 1.82) is 0 Å². The monoisotopic (exact) mass is 350 g/mol. The van der Waals surface area contributed by atoms with Crippen LogP contribution in [0.25, 0.3) is 0 Å². The number of aliphatic hydroxyl groups excluding tert-OH is 1. The number of carbonyl (C=O) groups excluding carboxylic acids is 1. The Balaban J connectivity index is 1.45. The molecule has 2 N–H and O–H groups in total. The molecule has 0 aromatic heterocycles. The van der Waals surface area contributed by atoms with Gasteiger partial charge in [0.1, 0.15) is 6.04 Å². The van der Waals surface area contributed by atoms with E-state index >= 15 is 0 Å². The maximum atomic E-state index is 13.1. The first-order valence-corrected chi connectivity index (χ1v) is 9.53. The number of nitrogens with one attached hydrogen (secondary N) is 1. The Hall–Kier alpha value is -2.17. The Kier molecular flexibility index (Phi) is 4.79. The molecule has 1 aliphatic heterocycles. The van der Waals surface area contributed by atoms with Crippen molar-refractivity contribution in [1.82, 2.24) is 10.2 Å². The fraction of sp³-hybridized carbons (Fsp3) is 0.409. The molecule has 2 fully saturated rings. The summed E-state index contributed by atoms with van der Waals surface area (Å²) in [5.41, 5.74) is 2.07. The molecule has 1 saturated carbocycles. The SMILES string of the molecule is O=C1[C@H]([C@H](O)CCc2ccccc2)NC2(CCC2)N1Cc1ccccc1. The molecular weight excluding hydrogens is 324 g/mol. The molecule has 1 spiro atoms. The minimum Gasteiger partial charge on any atom is -0.391 e. The molecule has 136 valence electrons. The highest BCUT2D eigenvalue weighted by Gasteiger charge is 2.54. The summed E-state index contributed by atoms with van der Waals surface area (Å²) in [5.74, 6) is 0.0362. The Morgan fingerprint density at radius 3 is 2.23 bits per heavy atom. The van der Waals surface area contributed by atoms with Gasteiger partial charge in [0.15, 0.2) is 0 Å². The minimum absolute atomic E-state index is 0.0362. The van der Waals surface area contributed by atoms with Gasteiger partial charge in [0.2, 0.25) is 5.91 Å². The highest BCUT2D eigenvalue weighted by Crippen LogP contribution is 2.41. The molecule has 2 aromatic carbocycles. The number of rotatable bonds is 6. The largest absolute Gasteiger partial charge is 0.391 e. The van der Waals surface area contributed by atoms with E-state index < -0.39 is 12.1 Å². The van der Waals surface area contributed by atoms with Crippen LogP contribution in [-0.4, -0.2) is 33.7 Å². The summed E-state index contributed by atoms with van der Waals surface area (Å²) >= 11 is 0.